The summed E-state index contributed by atoms with van der Waals surface area (Å²) in [6, 6.07) is 15.3. The van der Waals surface area contributed by atoms with E-state index in [-0.39, 0.29) is 17.5 Å². The molecule has 29 heavy (non-hydrogen) atoms. The normalized spacial score (nSPS) is 11.5. The quantitative estimate of drug-likeness (QED) is 0.593. The first kappa shape index (κ1) is 20.4. The lowest BCUT2D eigenvalue weighted by molar-refractivity contribution is -0.117. The number of benzene rings is 2. The molecule has 1 aromatic heterocycles. The van der Waals surface area contributed by atoms with Crippen LogP contribution in [-0.2, 0) is 11.3 Å². The molecular formula is C24H27N3O2. The minimum atomic E-state index is -0.304. The molecule has 5 nitrogen and oxygen atoms in total. The number of hydrogen-bond donors (Lipinski definition) is 2. The Morgan fingerprint density at radius 2 is 1.76 bits per heavy atom. The molecule has 3 rings (SSSR count). The van der Waals surface area contributed by atoms with Crippen molar-refractivity contribution in [3.05, 3.63) is 77.1 Å². The van der Waals surface area contributed by atoms with Crippen molar-refractivity contribution in [2.24, 2.45) is 0 Å². The fourth-order valence-corrected chi connectivity index (χ4v) is 3.20. The van der Waals surface area contributed by atoms with E-state index in [1.54, 1.807) is 18.2 Å². The Morgan fingerprint density at radius 1 is 1.03 bits per heavy atom. The van der Waals surface area contributed by atoms with Gasteiger partial charge in [0, 0.05) is 41.3 Å². The van der Waals surface area contributed by atoms with Crippen molar-refractivity contribution in [3.63, 3.8) is 0 Å². The third-order valence-corrected chi connectivity index (χ3v) is 4.80. The van der Waals surface area contributed by atoms with Crippen LogP contribution >= 0.6 is 0 Å². The van der Waals surface area contributed by atoms with E-state index in [9.17, 15) is 9.59 Å². The van der Waals surface area contributed by atoms with Gasteiger partial charge in [-0.05, 0) is 44.5 Å². The SMILES string of the molecule is CCCNC(=O)C(=Cc1cn(CC)c2ccccc12)NC(=O)c1ccc(C)cc1. The maximum absolute atomic E-state index is 12.7. The molecule has 0 aliphatic carbocycles. The Hall–Kier alpha value is -3.34. The first-order valence-electron chi connectivity index (χ1n) is 9.99. The highest BCUT2D eigenvalue weighted by Gasteiger charge is 2.16. The predicted octanol–water partition coefficient (Wildman–Crippen LogP) is 4.27. The molecule has 0 bridgehead atoms. The summed E-state index contributed by atoms with van der Waals surface area (Å²) in [5, 5.41) is 6.70. The van der Waals surface area contributed by atoms with Crippen LogP contribution in [0.15, 0.2) is 60.4 Å². The van der Waals surface area contributed by atoms with Crippen molar-refractivity contribution in [1.82, 2.24) is 15.2 Å². The fourth-order valence-electron chi connectivity index (χ4n) is 3.20. The number of aryl methyl sites for hydroxylation is 2. The van der Waals surface area contributed by atoms with Crippen molar-refractivity contribution in [3.8, 4) is 0 Å². The summed E-state index contributed by atoms with van der Waals surface area (Å²) in [4.78, 5) is 25.5. The Bertz CT molecular complexity index is 1050. The molecular weight excluding hydrogens is 362 g/mol. The van der Waals surface area contributed by atoms with Gasteiger partial charge in [0.25, 0.3) is 11.8 Å². The lowest BCUT2D eigenvalue weighted by Gasteiger charge is -2.11. The van der Waals surface area contributed by atoms with Gasteiger partial charge < -0.3 is 15.2 Å². The van der Waals surface area contributed by atoms with E-state index in [1.807, 2.05) is 50.4 Å². The molecule has 0 fully saturated rings. The highest BCUT2D eigenvalue weighted by Crippen LogP contribution is 2.23. The highest BCUT2D eigenvalue weighted by molar-refractivity contribution is 6.06. The van der Waals surface area contributed by atoms with Gasteiger partial charge in [-0.15, -0.1) is 0 Å². The number of carbonyl (C=O) groups is 2. The zero-order chi connectivity index (χ0) is 20.8. The maximum atomic E-state index is 12.7. The van der Waals surface area contributed by atoms with Gasteiger partial charge in [-0.2, -0.15) is 0 Å². The minimum absolute atomic E-state index is 0.239. The number of para-hydroxylation sites is 1. The Labute approximate surface area is 171 Å². The molecule has 0 unspecified atom stereocenters. The van der Waals surface area contributed by atoms with Gasteiger partial charge in [0.15, 0.2) is 0 Å². The van der Waals surface area contributed by atoms with Gasteiger partial charge in [0.1, 0.15) is 5.70 Å². The van der Waals surface area contributed by atoms with E-state index in [0.29, 0.717) is 12.1 Å². The predicted molar refractivity (Wildman–Crippen MR) is 118 cm³/mol. The molecule has 0 aliphatic rings. The van der Waals surface area contributed by atoms with Crippen LogP contribution in [0.4, 0.5) is 0 Å². The topological polar surface area (TPSA) is 63.1 Å². The van der Waals surface area contributed by atoms with Gasteiger partial charge in [-0.3, -0.25) is 9.59 Å². The lowest BCUT2D eigenvalue weighted by Crippen LogP contribution is -2.35. The molecule has 0 spiro atoms. The number of amides is 2. The zero-order valence-corrected chi connectivity index (χ0v) is 17.2. The van der Waals surface area contributed by atoms with Gasteiger partial charge in [0.2, 0.25) is 0 Å². The summed E-state index contributed by atoms with van der Waals surface area (Å²) in [5.41, 5.74) is 3.82. The van der Waals surface area contributed by atoms with Crippen molar-refractivity contribution in [2.75, 3.05) is 6.54 Å². The molecule has 3 aromatic rings. The molecule has 150 valence electrons. The van der Waals surface area contributed by atoms with Crippen LogP contribution in [0.25, 0.3) is 17.0 Å². The number of rotatable bonds is 7. The van der Waals surface area contributed by atoms with Crippen molar-refractivity contribution in [2.45, 2.75) is 33.7 Å². The number of carbonyl (C=O) groups excluding carboxylic acids is 2. The standard InChI is InChI=1S/C24H27N3O2/c1-4-14-25-24(29)21(26-23(28)18-12-10-17(3)11-13-18)15-19-16-27(5-2)22-9-7-6-8-20(19)22/h6-13,15-16H,4-5,14H2,1-3H3,(H,25,29)(H,26,28). The number of nitrogens with one attached hydrogen (secondary N) is 2. The van der Waals surface area contributed by atoms with Crippen LogP contribution in [0, 0.1) is 6.92 Å². The number of nitrogens with zero attached hydrogens (tertiary/aromatic N) is 1. The Balaban J connectivity index is 1.98. The molecule has 0 saturated carbocycles. The summed E-state index contributed by atoms with van der Waals surface area (Å²) in [6.45, 7) is 7.40. The zero-order valence-electron chi connectivity index (χ0n) is 17.2. The summed E-state index contributed by atoms with van der Waals surface area (Å²) in [6.07, 6.45) is 4.58. The highest BCUT2D eigenvalue weighted by atomic mass is 16.2. The monoisotopic (exact) mass is 389 g/mol. The number of aromatic nitrogens is 1. The molecule has 2 amide bonds. The van der Waals surface area contributed by atoms with Gasteiger partial charge in [-0.25, -0.2) is 0 Å². The molecule has 0 atom stereocenters. The summed E-state index contributed by atoms with van der Waals surface area (Å²) in [5.74, 6) is -0.595. The van der Waals surface area contributed by atoms with Crippen LogP contribution in [0.3, 0.4) is 0 Å². The van der Waals surface area contributed by atoms with E-state index in [4.69, 9.17) is 0 Å². The number of fused-ring (bicyclic) bond motifs is 1. The number of hydrogen-bond acceptors (Lipinski definition) is 2. The largest absolute Gasteiger partial charge is 0.351 e. The van der Waals surface area contributed by atoms with Crippen molar-refractivity contribution in [1.29, 1.82) is 0 Å². The molecule has 2 aromatic carbocycles. The molecule has 2 N–H and O–H groups in total. The summed E-state index contributed by atoms with van der Waals surface area (Å²) < 4.78 is 2.13. The third kappa shape index (κ3) is 4.74. The molecule has 0 aliphatic heterocycles. The van der Waals surface area contributed by atoms with Crippen molar-refractivity contribution >= 4 is 28.8 Å². The second kappa shape index (κ2) is 9.24. The molecule has 5 heteroatoms. The van der Waals surface area contributed by atoms with Gasteiger partial charge in [0.05, 0.1) is 0 Å². The molecule has 0 radical (unpaired) electrons. The average molecular weight is 389 g/mol. The van der Waals surface area contributed by atoms with Crippen LogP contribution < -0.4 is 10.6 Å². The average Bonchev–Trinajstić information content (AvgIpc) is 3.09. The third-order valence-electron chi connectivity index (χ3n) is 4.80. The summed E-state index contributed by atoms with van der Waals surface area (Å²) in [7, 11) is 0. The van der Waals surface area contributed by atoms with Crippen molar-refractivity contribution < 1.29 is 9.59 Å². The smallest absolute Gasteiger partial charge is 0.267 e. The van der Waals surface area contributed by atoms with E-state index in [2.05, 4.69) is 28.2 Å². The van der Waals surface area contributed by atoms with Crippen LogP contribution in [0.5, 0.6) is 0 Å². The van der Waals surface area contributed by atoms with Gasteiger partial charge in [-0.1, -0.05) is 42.8 Å². The van der Waals surface area contributed by atoms with Crippen LogP contribution in [0.1, 0.15) is 41.8 Å². The summed E-state index contributed by atoms with van der Waals surface area (Å²) >= 11 is 0. The first-order chi connectivity index (χ1) is 14.0. The van der Waals surface area contributed by atoms with E-state index in [1.165, 1.54) is 0 Å². The first-order valence-corrected chi connectivity index (χ1v) is 9.99. The molecule has 1 heterocycles. The molecule has 0 saturated heterocycles. The van der Waals surface area contributed by atoms with E-state index >= 15 is 0 Å². The Morgan fingerprint density at radius 3 is 2.45 bits per heavy atom. The van der Waals surface area contributed by atoms with Gasteiger partial charge >= 0.3 is 0 Å². The van der Waals surface area contributed by atoms with Crippen LogP contribution in [-0.4, -0.2) is 22.9 Å². The second-order valence-corrected chi connectivity index (χ2v) is 7.02. The fraction of sp³-hybridized carbons (Fsp3) is 0.250. The van der Waals surface area contributed by atoms with E-state index < -0.39 is 0 Å². The van der Waals surface area contributed by atoms with Crippen LogP contribution in [0.2, 0.25) is 0 Å². The second-order valence-electron chi connectivity index (χ2n) is 7.02. The van der Waals surface area contributed by atoms with E-state index in [0.717, 1.165) is 35.0 Å². The minimum Gasteiger partial charge on any atom is -0.351 e. The maximum Gasteiger partial charge on any atom is 0.267 e. The lowest BCUT2D eigenvalue weighted by atomic mass is 10.1. The Kier molecular flexibility index (Phi) is 6.50.